The van der Waals surface area contributed by atoms with Crippen LogP contribution in [0.3, 0.4) is 0 Å². The lowest BCUT2D eigenvalue weighted by Crippen LogP contribution is -2.23. The van der Waals surface area contributed by atoms with E-state index >= 15 is 0 Å². The Morgan fingerprint density at radius 3 is 2.39 bits per heavy atom. The van der Waals surface area contributed by atoms with Crippen molar-refractivity contribution in [2.24, 2.45) is 7.05 Å². The average Bonchev–Trinajstić information content (AvgIpc) is 3.24. The fourth-order valence-corrected chi connectivity index (χ4v) is 4.21. The molecular formula is C28H26N4O4. The number of fused-ring (bicyclic) bond motifs is 1. The average molecular weight is 483 g/mol. The Hall–Kier alpha value is -4.59. The Morgan fingerprint density at radius 2 is 1.64 bits per heavy atom. The number of aromatic nitrogens is 4. The minimum atomic E-state index is -0.311. The van der Waals surface area contributed by atoms with Crippen LogP contribution in [0, 0.1) is 6.92 Å². The SMILES string of the molecule is COc1ccc(-c2ccc3ccc(OCc4c(C)cccc4-n4nnn(C)c4=O)cc3c2)c(OC)c1. The maximum Gasteiger partial charge on any atom is 0.368 e. The molecule has 4 aromatic carbocycles. The molecule has 0 amide bonds. The van der Waals surface area contributed by atoms with Gasteiger partial charge in [-0.3, -0.25) is 0 Å². The fourth-order valence-electron chi connectivity index (χ4n) is 4.21. The van der Waals surface area contributed by atoms with Gasteiger partial charge in [0.1, 0.15) is 23.9 Å². The van der Waals surface area contributed by atoms with Crippen molar-refractivity contribution >= 4 is 10.8 Å². The van der Waals surface area contributed by atoms with Crippen molar-refractivity contribution in [3.05, 3.63) is 94.4 Å². The van der Waals surface area contributed by atoms with Crippen LogP contribution in [0.2, 0.25) is 0 Å². The van der Waals surface area contributed by atoms with Gasteiger partial charge in [0.15, 0.2) is 0 Å². The van der Waals surface area contributed by atoms with Crippen LogP contribution in [-0.2, 0) is 13.7 Å². The minimum Gasteiger partial charge on any atom is -0.497 e. The van der Waals surface area contributed by atoms with Crippen molar-refractivity contribution in [2.45, 2.75) is 13.5 Å². The first kappa shape index (κ1) is 23.2. The third-order valence-corrected chi connectivity index (χ3v) is 6.25. The van der Waals surface area contributed by atoms with Crippen LogP contribution in [0.4, 0.5) is 0 Å². The van der Waals surface area contributed by atoms with E-state index in [1.807, 2.05) is 61.5 Å². The van der Waals surface area contributed by atoms with Gasteiger partial charge in [-0.05, 0) is 75.6 Å². The summed E-state index contributed by atoms with van der Waals surface area (Å²) < 4.78 is 19.6. The number of rotatable bonds is 7. The highest BCUT2D eigenvalue weighted by Gasteiger charge is 2.14. The summed E-state index contributed by atoms with van der Waals surface area (Å²) in [6.07, 6.45) is 0. The van der Waals surface area contributed by atoms with Crippen LogP contribution in [-0.4, -0.2) is 34.0 Å². The molecule has 1 aromatic heterocycles. The number of hydrogen-bond donors (Lipinski definition) is 0. The second-order valence-corrected chi connectivity index (χ2v) is 8.45. The third-order valence-electron chi connectivity index (χ3n) is 6.25. The van der Waals surface area contributed by atoms with Crippen LogP contribution in [0.5, 0.6) is 17.2 Å². The first-order valence-corrected chi connectivity index (χ1v) is 11.5. The number of tetrazole rings is 1. The quantitative estimate of drug-likeness (QED) is 0.335. The van der Waals surface area contributed by atoms with Crippen LogP contribution in [0.15, 0.2) is 77.6 Å². The second-order valence-electron chi connectivity index (χ2n) is 8.45. The topological polar surface area (TPSA) is 80.4 Å². The molecule has 0 N–H and O–H groups in total. The Kier molecular flexibility index (Phi) is 6.16. The van der Waals surface area contributed by atoms with Crippen LogP contribution >= 0.6 is 0 Å². The number of nitrogens with zero attached hydrogens (tertiary/aromatic N) is 4. The van der Waals surface area contributed by atoms with Crippen molar-refractivity contribution in [1.29, 1.82) is 0 Å². The van der Waals surface area contributed by atoms with E-state index in [1.54, 1.807) is 21.3 Å². The van der Waals surface area contributed by atoms with Gasteiger partial charge in [0.25, 0.3) is 0 Å². The zero-order chi connectivity index (χ0) is 25.2. The normalized spacial score (nSPS) is 11.0. The Bertz CT molecular complexity index is 1620. The highest BCUT2D eigenvalue weighted by Crippen LogP contribution is 2.35. The molecule has 0 bridgehead atoms. The van der Waals surface area contributed by atoms with Crippen molar-refractivity contribution in [3.8, 4) is 34.1 Å². The van der Waals surface area contributed by atoms with Crippen LogP contribution in [0.25, 0.3) is 27.6 Å². The molecule has 0 spiro atoms. The van der Waals surface area contributed by atoms with Crippen molar-refractivity contribution in [3.63, 3.8) is 0 Å². The minimum absolute atomic E-state index is 0.280. The Balaban J connectivity index is 1.46. The predicted molar refractivity (Wildman–Crippen MR) is 138 cm³/mol. The zero-order valence-corrected chi connectivity index (χ0v) is 20.6. The summed E-state index contributed by atoms with van der Waals surface area (Å²) >= 11 is 0. The molecule has 5 rings (SSSR count). The summed E-state index contributed by atoms with van der Waals surface area (Å²) in [6, 6.07) is 23.8. The summed E-state index contributed by atoms with van der Waals surface area (Å²) in [5.41, 5.74) is 4.22. The van der Waals surface area contributed by atoms with Gasteiger partial charge in [0.05, 0.1) is 19.9 Å². The Labute approximate surface area is 208 Å². The zero-order valence-electron chi connectivity index (χ0n) is 20.6. The van der Waals surface area contributed by atoms with Gasteiger partial charge in [0.2, 0.25) is 0 Å². The van der Waals surface area contributed by atoms with E-state index in [9.17, 15) is 4.79 Å². The van der Waals surface area contributed by atoms with Gasteiger partial charge in [-0.1, -0.05) is 30.3 Å². The largest absolute Gasteiger partial charge is 0.497 e. The number of aryl methyl sites for hydroxylation is 2. The van der Waals surface area contributed by atoms with Gasteiger partial charge >= 0.3 is 5.69 Å². The smallest absolute Gasteiger partial charge is 0.368 e. The maximum atomic E-state index is 12.4. The van der Waals surface area contributed by atoms with E-state index in [2.05, 4.69) is 28.6 Å². The number of methoxy groups -OCH3 is 2. The van der Waals surface area contributed by atoms with Gasteiger partial charge < -0.3 is 14.2 Å². The van der Waals surface area contributed by atoms with Crippen molar-refractivity contribution in [1.82, 2.24) is 19.8 Å². The first-order valence-electron chi connectivity index (χ1n) is 11.5. The molecule has 0 saturated carbocycles. The highest BCUT2D eigenvalue weighted by atomic mass is 16.5. The van der Waals surface area contributed by atoms with E-state index in [-0.39, 0.29) is 12.3 Å². The summed E-state index contributed by atoms with van der Waals surface area (Å²) in [5.74, 6) is 2.21. The number of benzene rings is 4. The fraction of sp³-hybridized carbons (Fsp3) is 0.179. The van der Waals surface area contributed by atoms with E-state index in [1.165, 1.54) is 9.36 Å². The molecular weight excluding hydrogens is 456 g/mol. The number of ether oxygens (including phenoxy) is 3. The van der Waals surface area contributed by atoms with Gasteiger partial charge in [0, 0.05) is 24.2 Å². The summed E-state index contributed by atoms with van der Waals surface area (Å²) in [5, 5.41) is 9.96. The van der Waals surface area contributed by atoms with Gasteiger partial charge in [-0.25, -0.2) is 4.79 Å². The van der Waals surface area contributed by atoms with E-state index in [0.29, 0.717) is 5.69 Å². The van der Waals surface area contributed by atoms with Crippen molar-refractivity contribution < 1.29 is 14.2 Å². The molecule has 0 atom stereocenters. The molecule has 0 saturated heterocycles. The van der Waals surface area contributed by atoms with E-state index in [4.69, 9.17) is 14.2 Å². The van der Waals surface area contributed by atoms with E-state index < -0.39 is 0 Å². The molecule has 0 fully saturated rings. The lowest BCUT2D eigenvalue weighted by atomic mass is 10.00. The van der Waals surface area contributed by atoms with Crippen molar-refractivity contribution in [2.75, 3.05) is 14.2 Å². The van der Waals surface area contributed by atoms with E-state index in [0.717, 1.165) is 50.3 Å². The summed E-state index contributed by atoms with van der Waals surface area (Å²) in [7, 11) is 4.86. The number of hydrogen-bond acceptors (Lipinski definition) is 6. The lowest BCUT2D eigenvalue weighted by Gasteiger charge is -2.14. The standard InChI is InChI=1S/C28H26N4O4/c1-18-6-5-7-26(32-28(33)31(2)29-30-32)25(18)17-36-23-11-10-19-8-9-20(14-21(19)15-23)24-13-12-22(34-3)16-27(24)35-4/h5-16H,17H2,1-4H3. The Morgan fingerprint density at radius 1 is 0.833 bits per heavy atom. The molecule has 182 valence electrons. The molecule has 1 heterocycles. The first-order chi connectivity index (χ1) is 17.5. The van der Waals surface area contributed by atoms with Crippen LogP contribution < -0.4 is 19.9 Å². The molecule has 0 aliphatic heterocycles. The molecule has 36 heavy (non-hydrogen) atoms. The molecule has 8 heteroatoms. The second kappa shape index (κ2) is 9.58. The highest BCUT2D eigenvalue weighted by molar-refractivity contribution is 5.89. The van der Waals surface area contributed by atoms with Crippen LogP contribution in [0.1, 0.15) is 11.1 Å². The molecule has 0 aliphatic rings. The molecule has 8 nitrogen and oxygen atoms in total. The molecule has 0 aliphatic carbocycles. The molecule has 0 radical (unpaired) electrons. The molecule has 0 unspecified atom stereocenters. The van der Waals surface area contributed by atoms with Gasteiger partial charge in [-0.2, -0.15) is 9.36 Å². The summed E-state index contributed by atoms with van der Waals surface area (Å²) in [4.78, 5) is 12.4. The third kappa shape index (κ3) is 4.29. The lowest BCUT2D eigenvalue weighted by molar-refractivity contribution is 0.305. The summed E-state index contributed by atoms with van der Waals surface area (Å²) in [6.45, 7) is 2.26. The van der Waals surface area contributed by atoms with Gasteiger partial charge in [-0.15, -0.1) is 0 Å². The monoisotopic (exact) mass is 482 g/mol. The predicted octanol–water partition coefficient (Wildman–Crippen LogP) is 4.69. The maximum absolute atomic E-state index is 12.4. The molecule has 5 aromatic rings.